The number of nitriles is 1. The Hall–Kier alpha value is -2.75. The molecule has 2 saturated heterocycles. The zero-order valence-corrected chi connectivity index (χ0v) is 25.1. The Labute approximate surface area is 251 Å². The lowest BCUT2D eigenvalue weighted by molar-refractivity contribution is -0.142. The van der Waals surface area contributed by atoms with Crippen molar-refractivity contribution in [2.24, 2.45) is 23.7 Å². The molecule has 6 rings (SSSR count). The fourth-order valence-electron chi connectivity index (χ4n) is 9.03. The number of esters is 1. The molecule has 5 nitrogen and oxygen atoms in total. The number of piperidine rings is 1. The number of ether oxygens (including phenoxy) is 1. The van der Waals surface area contributed by atoms with Crippen LogP contribution in [-0.2, 0) is 21.4 Å². The van der Waals surface area contributed by atoms with Gasteiger partial charge in [0.1, 0.15) is 5.82 Å². The Morgan fingerprint density at radius 1 is 1.02 bits per heavy atom. The number of carbonyl (C=O) groups excluding carboxylic acids is 1. The lowest BCUT2D eigenvalue weighted by atomic mass is 9.56. The Morgan fingerprint density at radius 3 is 2.43 bits per heavy atom. The highest BCUT2D eigenvalue weighted by Gasteiger charge is 2.53. The van der Waals surface area contributed by atoms with Gasteiger partial charge >= 0.3 is 5.97 Å². The quantitative estimate of drug-likeness (QED) is 0.311. The molecule has 2 aliphatic heterocycles. The van der Waals surface area contributed by atoms with Gasteiger partial charge in [0.2, 0.25) is 0 Å². The number of likely N-dealkylation sites (tertiary alicyclic amines) is 2. The van der Waals surface area contributed by atoms with E-state index in [1.165, 1.54) is 31.9 Å². The van der Waals surface area contributed by atoms with E-state index in [0.29, 0.717) is 24.3 Å². The zero-order chi connectivity index (χ0) is 29.1. The van der Waals surface area contributed by atoms with Crippen LogP contribution >= 0.6 is 0 Å². The number of methoxy groups -OCH3 is 1. The van der Waals surface area contributed by atoms with Crippen molar-refractivity contribution < 1.29 is 13.9 Å². The van der Waals surface area contributed by atoms with E-state index < -0.39 is 0 Å². The van der Waals surface area contributed by atoms with Crippen LogP contribution in [0.3, 0.4) is 0 Å². The molecule has 0 N–H and O–H groups in total. The molecule has 0 amide bonds. The SMILES string of the molecule is COC(=O)C[C@H]1CCC[C@@H]1[C@](CN1CCC1)(c1cccc(F)c1)C1CCN(C2CC(Cc3ccc(C#N)cc3)C2)CC1. The van der Waals surface area contributed by atoms with E-state index in [1.54, 1.807) is 6.07 Å². The van der Waals surface area contributed by atoms with Crippen LogP contribution < -0.4 is 0 Å². The lowest BCUT2D eigenvalue weighted by Gasteiger charge is -2.55. The molecule has 6 heteroatoms. The Kier molecular flexibility index (Phi) is 8.98. The highest BCUT2D eigenvalue weighted by molar-refractivity contribution is 5.69. The number of carbonyl (C=O) groups is 1. The van der Waals surface area contributed by atoms with Crippen LogP contribution in [0.4, 0.5) is 4.39 Å². The minimum atomic E-state index is -0.151. The van der Waals surface area contributed by atoms with Crippen LogP contribution in [0.5, 0.6) is 0 Å². The van der Waals surface area contributed by atoms with Crippen LogP contribution in [0.2, 0.25) is 0 Å². The smallest absolute Gasteiger partial charge is 0.305 e. The van der Waals surface area contributed by atoms with Gasteiger partial charge in [-0.1, -0.05) is 30.7 Å². The lowest BCUT2D eigenvalue weighted by Crippen LogP contribution is -2.58. The van der Waals surface area contributed by atoms with E-state index in [2.05, 4.69) is 34.1 Å². The third-order valence-corrected chi connectivity index (χ3v) is 11.4. The van der Waals surface area contributed by atoms with Crippen molar-refractivity contribution in [3.05, 3.63) is 71.0 Å². The molecule has 2 aromatic carbocycles. The second kappa shape index (κ2) is 12.9. The maximum atomic E-state index is 14.9. The van der Waals surface area contributed by atoms with Crippen molar-refractivity contribution in [2.45, 2.75) is 75.7 Å². The van der Waals surface area contributed by atoms with Crippen molar-refractivity contribution in [3.8, 4) is 6.07 Å². The molecule has 0 unspecified atom stereocenters. The number of hydrogen-bond donors (Lipinski definition) is 0. The molecule has 42 heavy (non-hydrogen) atoms. The standard InChI is InChI=1S/C36H46FN3O2/c1-42-35(41)22-29-5-2-8-34(29)36(25-39-15-4-16-39,31-6-3-7-32(37)23-31)30-13-17-40(18-14-30)33-20-28(21-33)19-26-9-11-27(24-38)12-10-26/h3,6-7,9-12,23,28-30,33-34H,2,4-5,8,13-22,25H2,1H3/t28?,29-,33?,34+,36+/m1/s1. The van der Waals surface area contributed by atoms with Crippen LogP contribution in [0.25, 0.3) is 0 Å². The fourth-order valence-corrected chi connectivity index (χ4v) is 9.03. The van der Waals surface area contributed by atoms with Crippen molar-refractivity contribution >= 4 is 5.97 Å². The van der Waals surface area contributed by atoms with E-state index in [-0.39, 0.29) is 23.1 Å². The first kappa shape index (κ1) is 29.3. The monoisotopic (exact) mass is 571 g/mol. The number of nitrogens with zero attached hydrogens (tertiary/aromatic N) is 3. The summed E-state index contributed by atoms with van der Waals surface area (Å²) in [6.07, 6.45) is 10.8. The summed E-state index contributed by atoms with van der Waals surface area (Å²) in [4.78, 5) is 17.8. The summed E-state index contributed by atoms with van der Waals surface area (Å²) in [5.41, 5.74) is 3.06. The Morgan fingerprint density at radius 2 is 1.79 bits per heavy atom. The Balaban J connectivity index is 1.18. The number of hydrogen-bond acceptors (Lipinski definition) is 5. The van der Waals surface area contributed by atoms with Crippen molar-refractivity contribution in [3.63, 3.8) is 0 Å². The van der Waals surface area contributed by atoms with Crippen molar-refractivity contribution in [1.29, 1.82) is 5.26 Å². The molecule has 2 aromatic rings. The van der Waals surface area contributed by atoms with Crippen molar-refractivity contribution in [1.82, 2.24) is 9.80 Å². The summed E-state index contributed by atoms with van der Waals surface area (Å²) >= 11 is 0. The van der Waals surface area contributed by atoms with Crippen LogP contribution in [0.1, 0.15) is 74.5 Å². The molecule has 0 radical (unpaired) electrons. The maximum Gasteiger partial charge on any atom is 0.305 e. The van der Waals surface area contributed by atoms with Crippen LogP contribution in [-0.4, -0.2) is 61.6 Å². The second-order valence-electron chi connectivity index (χ2n) is 13.6. The fraction of sp³-hybridized carbons (Fsp3) is 0.611. The number of benzene rings is 2. The molecule has 3 atom stereocenters. The van der Waals surface area contributed by atoms with Gasteiger partial charge in [0, 0.05) is 24.4 Å². The van der Waals surface area contributed by atoms with Gasteiger partial charge in [0.25, 0.3) is 0 Å². The average Bonchev–Trinajstić information content (AvgIpc) is 3.43. The molecule has 2 aliphatic carbocycles. The van der Waals surface area contributed by atoms with Crippen LogP contribution in [0.15, 0.2) is 48.5 Å². The first-order valence-electron chi connectivity index (χ1n) is 16.3. The summed E-state index contributed by atoms with van der Waals surface area (Å²) in [7, 11) is 1.50. The number of halogens is 1. The van der Waals surface area contributed by atoms with Gasteiger partial charge in [-0.3, -0.25) is 4.79 Å². The number of rotatable bonds is 10. The van der Waals surface area contributed by atoms with Gasteiger partial charge in [-0.05, 0) is 137 Å². The van der Waals surface area contributed by atoms with Crippen LogP contribution in [0, 0.1) is 40.8 Å². The summed E-state index contributed by atoms with van der Waals surface area (Å²) in [6, 6.07) is 18.4. The summed E-state index contributed by atoms with van der Waals surface area (Å²) in [6.45, 7) is 5.41. The largest absolute Gasteiger partial charge is 0.469 e. The molecular weight excluding hydrogens is 525 g/mol. The first-order valence-corrected chi connectivity index (χ1v) is 16.3. The molecule has 2 saturated carbocycles. The molecule has 0 bridgehead atoms. The van der Waals surface area contributed by atoms with E-state index in [1.807, 2.05) is 24.3 Å². The van der Waals surface area contributed by atoms with E-state index in [0.717, 1.165) is 88.3 Å². The molecule has 2 heterocycles. The minimum absolute atomic E-state index is 0.112. The molecule has 0 spiro atoms. The average molecular weight is 572 g/mol. The highest BCUT2D eigenvalue weighted by Crippen LogP contribution is 2.54. The van der Waals surface area contributed by atoms with E-state index in [4.69, 9.17) is 10.00 Å². The van der Waals surface area contributed by atoms with Gasteiger partial charge < -0.3 is 14.5 Å². The molecular formula is C36H46FN3O2. The minimum Gasteiger partial charge on any atom is -0.469 e. The third kappa shape index (κ3) is 6.01. The summed E-state index contributed by atoms with van der Waals surface area (Å²) in [5.74, 6) is 1.57. The van der Waals surface area contributed by atoms with Gasteiger partial charge in [-0.2, -0.15) is 5.26 Å². The maximum absolute atomic E-state index is 14.9. The van der Waals surface area contributed by atoms with Crippen molar-refractivity contribution in [2.75, 3.05) is 39.8 Å². The second-order valence-corrected chi connectivity index (χ2v) is 13.6. The summed E-state index contributed by atoms with van der Waals surface area (Å²) in [5, 5.41) is 9.08. The van der Waals surface area contributed by atoms with Gasteiger partial charge in [0.05, 0.1) is 18.7 Å². The normalized spacial score (nSPS) is 28.3. The molecule has 224 valence electrons. The predicted octanol–water partition coefficient (Wildman–Crippen LogP) is 6.35. The molecule has 4 fully saturated rings. The van der Waals surface area contributed by atoms with E-state index in [9.17, 15) is 9.18 Å². The van der Waals surface area contributed by atoms with Gasteiger partial charge in [-0.15, -0.1) is 0 Å². The zero-order valence-electron chi connectivity index (χ0n) is 25.1. The van der Waals surface area contributed by atoms with E-state index >= 15 is 0 Å². The Bertz CT molecular complexity index is 1260. The first-order chi connectivity index (χ1) is 20.5. The predicted molar refractivity (Wildman–Crippen MR) is 162 cm³/mol. The van der Waals surface area contributed by atoms with Gasteiger partial charge in [-0.25, -0.2) is 4.39 Å². The van der Waals surface area contributed by atoms with Gasteiger partial charge in [0.15, 0.2) is 0 Å². The molecule has 4 aliphatic rings. The topological polar surface area (TPSA) is 56.6 Å². The highest BCUT2D eigenvalue weighted by atomic mass is 19.1. The third-order valence-electron chi connectivity index (χ3n) is 11.4. The molecule has 0 aromatic heterocycles. The summed E-state index contributed by atoms with van der Waals surface area (Å²) < 4.78 is 20.0.